The second kappa shape index (κ2) is 12.7. The normalized spacial score (nSPS) is 38.8. The number of ether oxygens (including phenoxy) is 2. The molecule has 0 bridgehead atoms. The van der Waals surface area contributed by atoms with Gasteiger partial charge in [0, 0.05) is 22.6 Å². The zero-order valence-electron chi connectivity index (χ0n) is 24.5. The van der Waals surface area contributed by atoms with Gasteiger partial charge in [0.15, 0.2) is 0 Å². The van der Waals surface area contributed by atoms with E-state index in [1.807, 2.05) is 36.4 Å². The first kappa shape index (κ1) is 32.1. The average Bonchev–Trinajstić information content (AvgIpc) is 3.31. The van der Waals surface area contributed by atoms with Gasteiger partial charge in [0.25, 0.3) is 0 Å². The van der Waals surface area contributed by atoms with E-state index in [1.54, 1.807) is 0 Å². The molecule has 2 aliphatic heterocycles. The number of hydrogen-bond acceptors (Lipinski definition) is 11. The van der Waals surface area contributed by atoms with Gasteiger partial charge < -0.3 is 56.1 Å². The lowest BCUT2D eigenvalue weighted by Crippen LogP contribution is -2.58. The Balaban J connectivity index is 1.32. The van der Waals surface area contributed by atoms with Crippen molar-refractivity contribution in [1.29, 1.82) is 0 Å². The molecule has 10 unspecified atom stereocenters. The number of fused-ring (bicyclic) bond motifs is 5. The highest BCUT2D eigenvalue weighted by atomic mass is 16.5. The van der Waals surface area contributed by atoms with E-state index < -0.39 is 74.3 Å². The Morgan fingerprint density at radius 3 is 1.47 bits per heavy atom. The Kier molecular flexibility index (Phi) is 9.07. The van der Waals surface area contributed by atoms with Crippen molar-refractivity contribution >= 4 is 0 Å². The summed E-state index contributed by atoms with van der Waals surface area (Å²) in [5.74, 6) is 11.8. The smallest absolute Gasteiger partial charge is 0.147 e. The van der Waals surface area contributed by atoms with Gasteiger partial charge in [-0.2, -0.15) is 0 Å². The summed E-state index contributed by atoms with van der Waals surface area (Å²) in [6.45, 7) is -1.06. The molecule has 1 saturated carbocycles. The monoisotopic (exact) mass is 621 g/mol. The first-order valence-electron chi connectivity index (χ1n) is 15.3. The van der Waals surface area contributed by atoms with Gasteiger partial charge in [-0.25, -0.2) is 0 Å². The molecule has 2 aromatic carbocycles. The Morgan fingerprint density at radius 1 is 0.644 bits per heavy atom. The van der Waals surface area contributed by atoms with Crippen LogP contribution in [0.3, 0.4) is 0 Å². The fraction of sp³-hybridized carbons (Fsp3) is 0.529. The SMILES string of the molecule is NC1CCC2(CC1)c1cc(C#CC3OC(CO)C(O)C(O)C3O)ccc1-c1ccc(C#CC3OC(CO)C(O)C(O)C3O)cc12. The third kappa shape index (κ3) is 5.69. The van der Waals surface area contributed by atoms with E-state index in [-0.39, 0.29) is 11.5 Å². The molecule has 10 N–H and O–H groups in total. The van der Waals surface area contributed by atoms with E-state index in [0.717, 1.165) is 47.9 Å². The Bertz CT molecular complexity index is 1420. The third-order valence-electron chi connectivity index (χ3n) is 9.75. The van der Waals surface area contributed by atoms with Crippen LogP contribution in [0.25, 0.3) is 11.1 Å². The molecule has 45 heavy (non-hydrogen) atoms. The molecule has 6 rings (SSSR count). The summed E-state index contributed by atoms with van der Waals surface area (Å²) in [6.07, 6.45) is -9.81. The number of nitrogens with two attached hydrogens (primary N) is 1. The summed E-state index contributed by atoms with van der Waals surface area (Å²) in [5.41, 5.74) is 11.7. The van der Waals surface area contributed by atoms with Crippen LogP contribution in [0.2, 0.25) is 0 Å². The van der Waals surface area contributed by atoms with E-state index >= 15 is 0 Å². The highest BCUT2D eigenvalue weighted by molar-refractivity contribution is 5.82. The first-order valence-corrected chi connectivity index (χ1v) is 15.3. The van der Waals surface area contributed by atoms with Crippen molar-refractivity contribution in [1.82, 2.24) is 0 Å². The van der Waals surface area contributed by atoms with Crippen LogP contribution in [-0.2, 0) is 14.9 Å². The van der Waals surface area contributed by atoms with Crippen LogP contribution in [0.1, 0.15) is 47.9 Å². The molecule has 2 saturated heterocycles. The number of aliphatic hydroxyl groups excluding tert-OH is 8. The molecule has 2 aromatic rings. The first-order chi connectivity index (χ1) is 21.6. The van der Waals surface area contributed by atoms with Crippen LogP contribution in [-0.4, -0.2) is 121 Å². The zero-order chi connectivity index (χ0) is 32.0. The van der Waals surface area contributed by atoms with Gasteiger partial charge >= 0.3 is 0 Å². The Hall–Kier alpha value is -2.88. The third-order valence-corrected chi connectivity index (χ3v) is 9.75. The van der Waals surface area contributed by atoms with E-state index in [9.17, 15) is 40.9 Å². The van der Waals surface area contributed by atoms with Crippen LogP contribution >= 0.6 is 0 Å². The van der Waals surface area contributed by atoms with Gasteiger partial charge in [-0.15, -0.1) is 0 Å². The fourth-order valence-electron chi connectivity index (χ4n) is 7.07. The molecule has 2 aliphatic carbocycles. The molecular weight excluding hydrogens is 582 g/mol. The highest BCUT2D eigenvalue weighted by Gasteiger charge is 2.46. The fourth-order valence-corrected chi connectivity index (χ4v) is 7.07. The van der Waals surface area contributed by atoms with E-state index in [1.165, 1.54) is 0 Å². The maximum atomic E-state index is 10.4. The van der Waals surface area contributed by atoms with Gasteiger partial charge in [0.1, 0.15) is 61.0 Å². The molecule has 4 aliphatic rings. The maximum absolute atomic E-state index is 10.4. The number of aliphatic hydroxyl groups is 8. The van der Waals surface area contributed by atoms with Gasteiger partial charge in [0.2, 0.25) is 0 Å². The van der Waals surface area contributed by atoms with Crippen molar-refractivity contribution in [3.63, 3.8) is 0 Å². The lowest BCUT2D eigenvalue weighted by molar-refractivity contribution is -0.214. The topological polar surface area (TPSA) is 206 Å². The molecule has 3 fully saturated rings. The number of benzene rings is 2. The molecular formula is C34H39NO10. The van der Waals surface area contributed by atoms with Crippen LogP contribution < -0.4 is 5.73 Å². The van der Waals surface area contributed by atoms with Crippen molar-refractivity contribution in [2.75, 3.05) is 13.2 Å². The van der Waals surface area contributed by atoms with Gasteiger partial charge in [-0.3, -0.25) is 0 Å². The van der Waals surface area contributed by atoms with Crippen LogP contribution in [0, 0.1) is 23.7 Å². The van der Waals surface area contributed by atoms with Crippen LogP contribution in [0.5, 0.6) is 0 Å². The van der Waals surface area contributed by atoms with Crippen molar-refractivity contribution in [2.24, 2.45) is 5.73 Å². The minimum Gasteiger partial charge on any atom is -0.394 e. The molecule has 10 atom stereocenters. The summed E-state index contributed by atoms with van der Waals surface area (Å²) in [7, 11) is 0. The second-order valence-corrected chi connectivity index (χ2v) is 12.5. The summed E-state index contributed by atoms with van der Waals surface area (Å²) in [6, 6.07) is 11.9. The molecule has 1 spiro atoms. The average molecular weight is 622 g/mol. The van der Waals surface area contributed by atoms with Crippen molar-refractivity contribution in [2.45, 2.75) is 98.2 Å². The number of hydrogen-bond donors (Lipinski definition) is 9. The largest absolute Gasteiger partial charge is 0.394 e. The summed E-state index contributed by atoms with van der Waals surface area (Å²) >= 11 is 0. The van der Waals surface area contributed by atoms with E-state index in [4.69, 9.17) is 15.2 Å². The van der Waals surface area contributed by atoms with Gasteiger partial charge in [0.05, 0.1) is 13.2 Å². The minimum atomic E-state index is -1.50. The second-order valence-electron chi connectivity index (χ2n) is 12.5. The van der Waals surface area contributed by atoms with E-state index in [0.29, 0.717) is 11.1 Å². The predicted molar refractivity (Wildman–Crippen MR) is 160 cm³/mol. The molecule has 240 valence electrons. The summed E-state index contributed by atoms with van der Waals surface area (Å²) < 4.78 is 11.1. The molecule has 0 aromatic heterocycles. The minimum absolute atomic E-state index is 0.0893. The van der Waals surface area contributed by atoms with Crippen molar-refractivity contribution in [3.05, 3.63) is 58.7 Å². The van der Waals surface area contributed by atoms with Crippen LogP contribution in [0.4, 0.5) is 0 Å². The summed E-state index contributed by atoms with van der Waals surface area (Å²) in [4.78, 5) is 0. The Morgan fingerprint density at radius 2 is 1.07 bits per heavy atom. The molecule has 0 radical (unpaired) electrons. The van der Waals surface area contributed by atoms with Crippen molar-refractivity contribution in [3.8, 4) is 34.8 Å². The van der Waals surface area contributed by atoms with Crippen LogP contribution in [0.15, 0.2) is 36.4 Å². The standard InChI is InChI=1S/C34H39NO10/c35-19-9-11-34(12-10-19)22-13-17(3-7-24-28(38)32(42)30(40)26(15-36)44-24)1-5-20(22)21-6-2-18(14-23(21)34)4-8-25-29(39)33(43)31(41)27(16-37)45-25/h1-2,5-6,13-14,19,24-33,36-43H,9-12,15-16,35H2. The van der Waals surface area contributed by atoms with E-state index in [2.05, 4.69) is 23.7 Å². The highest BCUT2D eigenvalue weighted by Crippen LogP contribution is 2.55. The quantitative estimate of drug-likeness (QED) is 0.172. The molecule has 2 heterocycles. The Labute approximate surface area is 260 Å². The predicted octanol–water partition coefficient (Wildman–Crippen LogP) is -1.76. The molecule has 0 amide bonds. The summed E-state index contributed by atoms with van der Waals surface area (Å²) in [5, 5.41) is 80.3. The van der Waals surface area contributed by atoms with Gasteiger partial charge in [-0.1, -0.05) is 35.8 Å². The molecule has 11 heteroatoms. The number of rotatable bonds is 2. The molecule has 11 nitrogen and oxygen atoms in total. The lowest BCUT2D eigenvalue weighted by Gasteiger charge is -2.38. The van der Waals surface area contributed by atoms with Gasteiger partial charge in [-0.05, 0) is 72.2 Å². The maximum Gasteiger partial charge on any atom is 0.147 e. The zero-order valence-corrected chi connectivity index (χ0v) is 24.5. The lowest BCUT2D eigenvalue weighted by atomic mass is 9.66. The van der Waals surface area contributed by atoms with Crippen molar-refractivity contribution < 1.29 is 50.3 Å².